The fourth-order valence-corrected chi connectivity index (χ4v) is 2.85. The van der Waals surface area contributed by atoms with Gasteiger partial charge in [0.15, 0.2) is 0 Å². The molecule has 0 saturated carbocycles. The Hall–Kier alpha value is -2.63. The quantitative estimate of drug-likeness (QED) is 0.810. The van der Waals surface area contributed by atoms with E-state index in [1.807, 2.05) is 0 Å². The molecule has 1 aromatic heterocycles. The van der Waals surface area contributed by atoms with Crippen molar-refractivity contribution < 1.29 is 14.3 Å². The van der Waals surface area contributed by atoms with Crippen LogP contribution in [0.3, 0.4) is 0 Å². The fraction of sp³-hybridized carbons (Fsp3) is 0.294. The maximum absolute atomic E-state index is 12.9. The molecule has 2 aromatic rings. The van der Waals surface area contributed by atoms with Gasteiger partial charge in [-0.1, -0.05) is 12.1 Å². The molecule has 23 heavy (non-hydrogen) atoms. The van der Waals surface area contributed by atoms with Gasteiger partial charge in [-0.05, 0) is 43.4 Å². The van der Waals surface area contributed by atoms with Crippen LogP contribution in [0.25, 0.3) is 0 Å². The number of aryl methyl sites for hydroxylation is 1. The van der Waals surface area contributed by atoms with E-state index in [9.17, 15) is 19.1 Å². The molecule has 0 saturated heterocycles. The second kappa shape index (κ2) is 6.24. The first-order valence-electron chi connectivity index (χ1n) is 7.56. The molecule has 6 heteroatoms. The van der Waals surface area contributed by atoms with Gasteiger partial charge in [0.1, 0.15) is 17.1 Å². The summed E-state index contributed by atoms with van der Waals surface area (Å²) in [6.07, 6.45) is 3.23. The normalized spacial score (nSPS) is 13.4. The minimum atomic E-state index is -0.638. The molecular weight excluding hydrogens is 299 g/mol. The third kappa shape index (κ3) is 3.11. The lowest BCUT2D eigenvalue weighted by molar-refractivity contribution is 0.0946. The lowest BCUT2D eigenvalue weighted by atomic mass is 9.93. The van der Waals surface area contributed by atoms with Crippen LogP contribution in [0.15, 0.2) is 29.1 Å². The number of hydrogen-bond acceptors (Lipinski definition) is 3. The van der Waals surface area contributed by atoms with Crippen LogP contribution in [-0.2, 0) is 19.4 Å². The van der Waals surface area contributed by atoms with Gasteiger partial charge in [-0.25, -0.2) is 4.39 Å². The SMILES string of the molecule is O=C(NCc1ccc(F)cc1)c1c(O)c2c([nH]c1=O)CCCC2. The molecule has 0 spiro atoms. The molecule has 120 valence electrons. The number of aromatic hydroxyl groups is 1. The first-order valence-corrected chi connectivity index (χ1v) is 7.56. The van der Waals surface area contributed by atoms with E-state index in [1.165, 1.54) is 12.1 Å². The van der Waals surface area contributed by atoms with Crippen LogP contribution in [0.2, 0.25) is 0 Å². The zero-order valence-corrected chi connectivity index (χ0v) is 12.5. The standard InChI is InChI=1S/C17H17FN2O3/c18-11-7-5-10(6-8-11)9-19-16(22)14-15(21)12-3-1-2-4-13(12)20-17(14)23/h5-8H,1-4,9H2,(H,19,22)(H2,20,21,23). The van der Waals surface area contributed by atoms with Crippen molar-refractivity contribution in [3.05, 3.63) is 62.8 Å². The van der Waals surface area contributed by atoms with E-state index in [1.54, 1.807) is 12.1 Å². The number of halogens is 1. The monoisotopic (exact) mass is 316 g/mol. The highest BCUT2D eigenvalue weighted by Gasteiger charge is 2.23. The highest BCUT2D eigenvalue weighted by atomic mass is 19.1. The summed E-state index contributed by atoms with van der Waals surface area (Å²) in [7, 11) is 0. The maximum atomic E-state index is 12.9. The van der Waals surface area contributed by atoms with Crippen LogP contribution in [0.4, 0.5) is 4.39 Å². The van der Waals surface area contributed by atoms with Crippen molar-refractivity contribution in [1.29, 1.82) is 0 Å². The number of hydrogen-bond donors (Lipinski definition) is 3. The van der Waals surface area contributed by atoms with Crippen molar-refractivity contribution >= 4 is 5.91 Å². The summed E-state index contributed by atoms with van der Waals surface area (Å²) in [6.45, 7) is 0.148. The van der Waals surface area contributed by atoms with Crippen LogP contribution in [0, 0.1) is 5.82 Å². The zero-order valence-electron chi connectivity index (χ0n) is 12.5. The van der Waals surface area contributed by atoms with Gasteiger partial charge in [0.25, 0.3) is 11.5 Å². The fourth-order valence-electron chi connectivity index (χ4n) is 2.85. The van der Waals surface area contributed by atoms with Crippen LogP contribution in [0.1, 0.15) is 40.0 Å². The van der Waals surface area contributed by atoms with Crippen molar-refractivity contribution in [2.24, 2.45) is 0 Å². The Bertz CT molecular complexity index is 797. The number of pyridine rings is 1. The van der Waals surface area contributed by atoms with Gasteiger partial charge >= 0.3 is 0 Å². The third-order valence-electron chi connectivity index (χ3n) is 4.08. The number of rotatable bonds is 3. The molecule has 3 rings (SSSR count). The number of aromatic nitrogens is 1. The van der Waals surface area contributed by atoms with Gasteiger partial charge in [-0.2, -0.15) is 0 Å². The summed E-state index contributed by atoms with van der Waals surface area (Å²) in [4.78, 5) is 27.0. The summed E-state index contributed by atoms with van der Waals surface area (Å²) >= 11 is 0. The van der Waals surface area contributed by atoms with E-state index in [2.05, 4.69) is 10.3 Å². The second-order valence-electron chi connectivity index (χ2n) is 5.65. The molecule has 1 aromatic carbocycles. The molecule has 0 atom stereocenters. The Morgan fingerprint density at radius 1 is 1.22 bits per heavy atom. The van der Waals surface area contributed by atoms with E-state index >= 15 is 0 Å². The number of H-pyrrole nitrogens is 1. The molecule has 0 unspecified atom stereocenters. The number of carbonyl (C=O) groups is 1. The van der Waals surface area contributed by atoms with Crippen LogP contribution >= 0.6 is 0 Å². The second-order valence-corrected chi connectivity index (χ2v) is 5.65. The molecule has 3 N–H and O–H groups in total. The van der Waals surface area contributed by atoms with Crippen molar-refractivity contribution in [1.82, 2.24) is 10.3 Å². The van der Waals surface area contributed by atoms with E-state index in [-0.39, 0.29) is 23.7 Å². The predicted molar refractivity (Wildman–Crippen MR) is 82.9 cm³/mol. The lowest BCUT2D eigenvalue weighted by Crippen LogP contribution is -2.31. The van der Waals surface area contributed by atoms with Crippen LogP contribution in [0.5, 0.6) is 5.75 Å². The molecule has 1 aliphatic rings. The Kier molecular flexibility index (Phi) is 4.14. The minimum Gasteiger partial charge on any atom is -0.507 e. The predicted octanol–water partition coefficient (Wildman–Crippen LogP) is 2.03. The molecule has 1 heterocycles. The number of benzene rings is 1. The van der Waals surface area contributed by atoms with E-state index in [0.29, 0.717) is 29.7 Å². The van der Waals surface area contributed by atoms with Crippen molar-refractivity contribution in [2.45, 2.75) is 32.2 Å². The van der Waals surface area contributed by atoms with Crippen molar-refractivity contribution in [3.8, 4) is 5.75 Å². The summed E-state index contributed by atoms with van der Waals surface area (Å²) < 4.78 is 12.9. The molecule has 0 fully saturated rings. The highest BCUT2D eigenvalue weighted by Crippen LogP contribution is 2.28. The molecule has 0 radical (unpaired) electrons. The maximum Gasteiger partial charge on any atom is 0.264 e. The van der Waals surface area contributed by atoms with Crippen molar-refractivity contribution in [3.63, 3.8) is 0 Å². The third-order valence-corrected chi connectivity index (χ3v) is 4.08. The molecule has 1 amide bonds. The number of carbonyl (C=O) groups excluding carboxylic acids is 1. The molecule has 0 bridgehead atoms. The molecule has 0 aliphatic heterocycles. The van der Waals surface area contributed by atoms with Gasteiger partial charge < -0.3 is 15.4 Å². The summed E-state index contributed by atoms with van der Waals surface area (Å²) in [5.74, 6) is -1.22. The lowest BCUT2D eigenvalue weighted by Gasteiger charge is -2.18. The first-order chi connectivity index (χ1) is 11.1. The molecular formula is C17H17FN2O3. The number of fused-ring (bicyclic) bond motifs is 1. The van der Waals surface area contributed by atoms with Gasteiger partial charge in [0.2, 0.25) is 0 Å². The summed E-state index contributed by atoms with van der Waals surface area (Å²) in [5, 5.41) is 12.9. The first kappa shape index (κ1) is 15.3. The van der Waals surface area contributed by atoms with Gasteiger partial charge in [0.05, 0.1) is 0 Å². The minimum absolute atomic E-state index is 0.148. The van der Waals surface area contributed by atoms with Crippen LogP contribution in [-0.4, -0.2) is 16.0 Å². The zero-order chi connectivity index (χ0) is 16.4. The largest absolute Gasteiger partial charge is 0.507 e. The number of amides is 1. The Morgan fingerprint density at radius 2 is 1.91 bits per heavy atom. The average molecular weight is 316 g/mol. The molecule has 5 nitrogen and oxygen atoms in total. The Labute approximate surface area is 132 Å². The average Bonchev–Trinajstić information content (AvgIpc) is 2.54. The summed E-state index contributed by atoms with van der Waals surface area (Å²) in [6, 6.07) is 5.69. The van der Waals surface area contributed by atoms with E-state index in [0.717, 1.165) is 12.8 Å². The summed E-state index contributed by atoms with van der Waals surface area (Å²) in [5.41, 5.74) is 1.23. The van der Waals surface area contributed by atoms with Gasteiger partial charge in [-0.15, -0.1) is 0 Å². The highest BCUT2D eigenvalue weighted by molar-refractivity contribution is 5.96. The van der Waals surface area contributed by atoms with E-state index in [4.69, 9.17) is 0 Å². The Morgan fingerprint density at radius 3 is 2.65 bits per heavy atom. The molecule has 1 aliphatic carbocycles. The number of nitrogens with one attached hydrogen (secondary N) is 2. The van der Waals surface area contributed by atoms with Crippen molar-refractivity contribution in [2.75, 3.05) is 0 Å². The van der Waals surface area contributed by atoms with E-state index < -0.39 is 11.5 Å². The van der Waals surface area contributed by atoms with Gasteiger partial charge in [0, 0.05) is 17.8 Å². The van der Waals surface area contributed by atoms with Gasteiger partial charge in [-0.3, -0.25) is 9.59 Å². The topological polar surface area (TPSA) is 82.2 Å². The smallest absolute Gasteiger partial charge is 0.264 e. The van der Waals surface area contributed by atoms with Crippen LogP contribution < -0.4 is 10.9 Å². The number of aromatic amines is 1. The Balaban J connectivity index is 1.82.